The highest BCUT2D eigenvalue weighted by Crippen LogP contribution is 2.41. The van der Waals surface area contributed by atoms with Gasteiger partial charge in [0.25, 0.3) is 0 Å². The molecule has 1 unspecified atom stereocenters. The molecule has 90 valence electrons. The first-order chi connectivity index (χ1) is 7.20. The first-order valence-electron chi connectivity index (χ1n) is 5.96. The number of aromatic nitrogens is 2. The average molecular weight is 220 g/mol. The zero-order chi connectivity index (χ0) is 12.4. The van der Waals surface area contributed by atoms with Crippen molar-refractivity contribution in [3.05, 3.63) is 24.3 Å². The van der Waals surface area contributed by atoms with Crippen LogP contribution in [0.15, 0.2) is 18.6 Å². The highest BCUT2D eigenvalue weighted by Gasteiger charge is 2.31. The maximum Gasteiger partial charge on any atom is 0.115 e. The molecular formula is C14H24N2. The molecule has 0 N–H and O–H groups in total. The molecule has 0 aliphatic rings. The van der Waals surface area contributed by atoms with Crippen molar-refractivity contribution in [2.24, 2.45) is 10.8 Å². The maximum atomic E-state index is 4.42. The van der Waals surface area contributed by atoms with E-state index in [2.05, 4.69) is 51.5 Å². The summed E-state index contributed by atoms with van der Waals surface area (Å²) in [4.78, 5) is 8.41. The lowest BCUT2D eigenvalue weighted by molar-refractivity contribution is 0.225. The molecule has 0 fully saturated rings. The molecule has 2 heteroatoms. The molecule has 0 radical (unpaired) electrons. The largest absolute Gasteiger partial charge is 0.245 e. The summed E-state index contributed by atoms with van der Waals surface area (Å²) in [6.45, 7) is 13.7. The van der Waals surface area contributed by atoms with Gasteiger partial charge in [-0.25, -0.2) is 9.97 Å². The summed E-state index contributed by atoms with van der Waals surface area (Å²) in [7, 11) is 0. The monoisotopic (exact) mass is 220 g/mol. The molecule has 0 saturated carbocycles. The molecule has 0 saturated heterocycles. The Labute approximate surface area is 99.5 Å². The summed E-state index contributed by atoms with van der Waals surface area (Å²) in [6, 6.07) is 2.04. The predicted octanol–water partition coefficient (Wildman–Crippen LogP) is 4.04. The maximum absolute atomic E-state index is 4.42. The van der Waals surface area contributed by atoms with Crippen LogP contribution in [0.25, 0.3) is 0 Å². The van der Waals surface area contributed by atoms with Crippen molar-refractivity contribution in [2.45, 2.75) is 53.9 Å². The molecule has 1 aromatic rings. The fourth-order valence-corrected chi connectivity index (χ4v) is 1.97. The van der Waals surface area contributed by atoms with E-state index in [-0.39, 0.29) is 5.41 Å². The van der Waals surface area contributed by atoms with Crippen molar-refractivity contribution in [1.82, 2.24) is 9.97 Å². The van der Waals surface area contributed by atoms with Gasteiger partial charge < -0.3 is 0 Å². The number of rotatable bonds is 2. The number of nitrogens with zero attached hydrogens (tertiary/aromatic N) is 2. The Morgan fingerprint density at radius 3 is 2.12 bits per heavy atom. The second kappa shape index (κ2) is 4.52. The Morgan fingerprint density at radius 2 is 1.75 bits per heavy atom. The first-order valence-corrected chi connectivity index (χ1v) is 5.96. The van der Waals surface area contributed by atoms with Gasteiger partial charge in [0.2, 0.25) is 0 Å². The number of hydrogen-bond donors (Lipinski definition) is 0. The second-order valence-electron chi connectivity index (χ2n) is 6.82. The van der Waals surface area contributed by atoms with Crippen LogP contribution in [0.5, 0.6) is 0 Å². The van der Waals surface area contributed by atoms with Gasteiger partial charge in [0.05, 0.1) is 0 Å². The zero-order valence-corrected chi connectivity index (χ0v) is 11.4. The van der Waals surface area contributed by atoms with Gasteiger partial charge in [-0.15, -0.1) is 0 Å². The first kappa shape index (κ1) is 13.1. The van der Waals surface area contributed by atoms with Crippen LogP contribution in [0.2, 0.25) is 0 Å². The van der Waals surface area contributed by atoms with Crippen LogP contribution in [-0.2, 0) is 0 Å². The molecule has 1 aromatic heterocycles. The molecule has 0 bridgehead atoms. The lowest BCUT2D eigenvalue weighted by Gasteiger charge is -2.35. The molecular weight excluding hydrogens is 196 g/mol. The second-order valence-corrected chi connectivity index (χ2v) is 6.82. The molecule has 1 atom stereocenters. The standard InChI is InChI=1S/C14H24N2/c1-13(2,3)9-11(14(4,5)6)12-7-8-15-10-16-12/h7-8,10-11H,9H2,1-6H3. The van der Waals surface area contributed by atoms with E-state index in [1.54, 1.807) is 6.33 Å². The van der Waals surface area contributed by atoms with Crippen LogP contribution in [0.1, 0.15) is 59.6 Å². The molecule has 0 aliphatic heterocycles. The summed E-state index contributed by atoms with van der Waals surface area (Å²) in [5.74, 6) is 0.482. The van der Waals surface area contributed by atoms with Gasteiger partial charge in [-0.2, -0.15) is 0 Å². The van der Waals surface area contributed by atoms with E-state index >= 15 is 0 Å². The Balaban J connectivity index is 2.98. The van der Waals surface area contributed by atoms with E-state index in [4.69, 9.17) is 0 Å². The molecule has 1 heterocycles. The SMILES string of the molecule is CC(C)(C)CC(c1ccncn1)C(C)(C)C. The van der Waals surface area contributed by atoms with Crippen molar-refractivity contribution in [3.63, 3.8) is 0 Å². The minimum Gasteiger partial charge on any atom is -0.245 e. The summed E-state index contributed by atoms with van der Waals surface area (Å²) in [5, 5.41) is 0. The normalized spacial score (nSPS) is 14.9. The molecule has 0 aliphatic carbocycles. The minimum absolute atomic E-state index is 0.238. The molecule has 0 aromatic carbocycles. The van der Waals surface area contributed by atoms with Gasteiger partial charge in [-0.1, -0.05) is 41.5 Å². The lowest BCUT2D eigenvalue weighted by atomic mass is 9.70. The third kappa shape index (κ3) is 3.92. The van der Waals surface area contributed by atoms with Gasteiger partial charge in [0.15, 0.2) is 0 Å². The molecule has 2 nitrogen and oxygen atoms in total. The molecule has 0 amide bonds. The van der Waals surface area contributed by atoms with Crippen LogP contribution in [-0.4, -0.2) is 9.97 Å². The fraction of sp³-hybridized carbons (Fsp3) is 0.714. The quantitative estimate of drug-likeness (QED) is 0.751. The van der Waals surface area contributed by atoms with Crippen molar-refractivity contribution in [3.8, 4) is 0 Å². The Bertz CT molecular complexity index is 317. The van der Waals surface area contributed by atoms with E-state index in [0.717, 1.165) is 12.1 Å². The van der Waals surface area contributed by atoms with Crippen molar-refractivity contribution >= 4 is 0 Å². The summed E-state index contributed by atoms with van der Waals surface area (Å²) in [5.41, 5.74) is 1.72. The zero-order valence-electron chi connectivity index (χ0n) is 11.4. The van der Waals surface area contributed by atoms with E-state index < -0.39 is 0 Å². The summed E-state index contributed by atoms with van der Waals surface area (Å²) < 4.78 is 0. The van der Waals surface area contributed by atoms with Crippen LogP contribution < -0.4 is 0 Å². The fourth-order valence-electron chi connectivity index (χ4n) is 1.97. The van der Waals surface area contributed by atoms with Crippen molar-refractivity contribution < 1.29 is 0 Å². The van der Waals surface area contributed by atoms with Crippen LogP contribution in [0.3, 0.4) is 0 Å². The van der Waals surface area contributed by atoms with Crippen LogP contribution in [0, 0.1) is 10.8 Å². The van der Waals surface area contributed by atoms with Crippen LogP contribution >= 0.6 is 0 Å². The smallest absolute Gasteiger partial charge is 0.115 e. The lowest BCUT2D eigenvalue weighted by Crippen LogP contribution is -2.24. The minimum atomic E-state index is 0.238. The Morgan fingerprint density at radius 1 is 1.12 bits per heavy atom. The van der Waals surface area contributed by atoms with Crippen molar-refractivity contribution in [2.75, 3.05) is 0 Å². The van der Waals surface area contributed by atoms with E-state index in [1.165, 1.54) is 0 Å². The van der Waals surface area contributed by atoms with Gasteiger partial charge in [0.1, 0.15) is 6.33 Å². The topological polar surface area (TPSA) is 25.8 Å². The molecule has 16 heavy (non-hydrogen) atoms. The van der Waals surface area contributed by atoms with E-state index in [1.807, 2.05) is 12.3 Å². The number of hydrogen-bond acceptors (Lipinski definition) is 2. The Kier molecular flexibility index (Phi) is 3.72. The van der Waals surface area contributed by atoms with Gasteiger partial charge in [-0.3, -0.25) is 0 Å². The van der Waals surface area contributed by atoms with Crippen molar-refractivity contribution in [1.29, 1.82) is 0 Å². The summed E-state index contributed by atoms with van der Waals surface area (Å²) >= 11 is 0. The predicted molar refractivity (Wildman–Crippen MR) is 68.3 cm³/mol. The van der Waals surface area contributed by atoms with Gasteiger partial charge >= 0.3 is 0 Å². The molecule has 0 spiro atoms. The van der Waals surface area contributed by atoms with E-state index in [0.29, 0.717) is 11.3 Å². The Hall–Kier alpha value is -0.920. The van der Waals surface area contributed by atoms with E-state index in [9.17, 15) is 0 Å². The highest BCUT2D eigenvalue weighted by atomic mass is 14.8. The third-order valence-electron chi connectivity index (χ3n) is 2.82. The van der Waals surface area contributed by atoms with Gasteiger partial charge in [-0.05, 0) is 23.3 Å². The summed E-state index contributed by atoms with van der Waals surface area (Å²) in [6.07, 6.45) is 4.63. The van der Waals surface area contributed by atoms with Gasteiger partial charge in [0, 0.05) is 17.8 Å². The molecule has 1 rings (SSSR count). The highest BCUT2D eigenvalue weighted by molar-refractivity contribution is 5.10. The average Bonchev–Trinajstić information content (AvgIpc) is 2.13. The third-order valence-corrected chi connectivity index (χ3v) is 2.82. The van der Waals surface area contributed by atoms with Crippen LogP contribution in [0.4, 0.5) is 0 Å².